The monoisotopic (exact) mass is 219 g/mol. The Bertz CT molecular complexity index is 375. The molecule has 0 N–H and O–H groups in total. The molecule has 1 heterocycles. The van der Waals surface area contributed by atoms with Gasteiger partial charge in [0.2, 0.25) is 0 Å². The lowest BCUT2D eigenvalue weighted by Crippen LogP contribution is -2.13. The first kappa shape index (κ1) is 12.1. The van der Waals surface area contributed by atoms with Gasteiger partial charge in [0.05, 0.1) is 0 Å². The van der Waals surface area contributed by atoms with Gasteiger partial charge in [-0.2, -0.15) is 0 Å². The van der Waals surface area contributed by atoms with Gasteiger partial charge < -0.3 is 0 Å². The molecule has 0 unspecified atom stereocenters. The molecule has 0 aromatic carbocycles. The highest BCUT2D eigenvalue weighted by molar-refractivity contribution is 8.02. The Morgan fingerprint density at radius 2 is 2.00 bits per heavy atom. The summed E-state index contributed by atoms with van der Waals surface area (Å²) in [4.78, 5) is 5.57. The van der Waals surface area contributed by atoms with Crippen LogP contribution in [0.25, 0.3) is 6.08 Å². The fourth-order valence-electron chi connectivity index (χ4n) is 1.22. The normalized spacial score (nSPS) is 11.1. The minimum atomic E-state index is 0.0785. The van der Waals surface area contributed by atoms with Gasteiger partial charge in [-0.1, -0.05) is 51.8 Å². The summed E-state index contributed by atoms with van der Waals surface area (Å²) in [6, 6.07) is 2.10. The molecule has 15 heavy (non-hydrogen) atoms. The van der Waals surface area contributed by atoms with Gasteiger partial charge in [0.1, 0.15) is 0 Å². The first-order valence-electron chi connectivity index (χ1n) is 4.89. The van der Waals surface area contributed by atoms with Crippen LogP contribution in [0.5, 0.6) is 0 Å². The van der Waals surface area contributed by atoms with Gasteiger partial charge in [-0.3, -0.25) is 4.98 Å². The van der Waals surface area contributed by atoms with E-state index < -0.39 is 0 Å². The number of hydrogen-bond acceptors (Lipinski definition) is 2. The zero-order valence-electron chi connectivity index (χ0n) is 9.58. The summed E-state index contributed by atoms with van der Waals surface area (Å²) in [5, 5.41) is 1.81. The second-order valence-electron chi connectivity index (χ2n) is 4.35. The highest BCUT2D eigenvalue weighted by Gasteiger charge is 2.16. The molecule has 0 aliphatic rings. The lowest BCUT2D eigenvalue weighted by atomic mass is 9.91. The van der Waals surface area contributed by atoms with E-state index >= 15 is 0 Å². The Hall–Kier alpha value is -1.02. The van der Waals surface area contributed by atoms with Gasteiger partial charge in [0.15, 0.2) is 0 Å². The molecular weight excluding hydrogens is 202 g/mol. The highest BCUT2D eigenvalue weighted by atomic mass is 32.2. The first-order valence-corrected chi connectivity index (χ1v) is 5.77. The summed E-state index contributed by atoms with van der Waals surface area (Å²) in [5.74, 6) is 0. The predicted molar refractivity (Wildman–Crippen MR) is 69.1 cm³/mol. The zero-order valence-corrected chi connectivity index (χ0v) is 10.4. The van der Waals surface area contributed by atoms with E-state index in [9.17, 15) is 0 Å². The van der Waals surface area contributed by atoms with Crippen LogP contribution in [0.1, 0.15) is 32.0 Å². The van der Waals surface area contributed by atoms with Crippen molar-refractivity contribution in [2.75, 3.05) is 0 Å². The van der Waals surface area contributed by atoms with Crippen LogP contribution in [-0.2, 0) is 5.41 Å². The molecule has 80 valence electrons. The molecule has 0 fully saturated rings. The van der Waals surface area contributed by atoms with E-state index in [1.807, 2.05) is 12.3 Å². The van der Waals surface area contributed by atoms with Crippen molar-refractivity contribution in [3.63, 3.8) is 0 Å². The van der Waals surface area contributed by atoms with E-state index in [1.54, 1.807) is 17.2 Å². The van der Waals surface area contributed by atoms with E-state index in [4.69, 9.17) is 0 Å². The minimum absolute atomic E-state index is 0.0785. The lowest BCUT2D eigenvalue weighted by molar-refractivity contribution is 0.567. The molecule has 1 aromatic heterocycles. The molecule has 2 heteroatoms. The maximum atomic E-state index is 4.46. The highest BCUT2D eigenvalue weighted by Crippen LogP contribution is 2.28. The summed E-state index contributed by atoms with van der Waals surface area (Å²) in [5.41, 5.74) is 2.29. The van der Waals surface area contributed by atoms with Crippen molar-refractivity contribution in [1.82, 2.24) is 4.98 Å². The van der Waals surface area contributed by atoms with E-state index in [2.05, 4.69) is 45.0 Å². The molecule has 0 bridgehead atoms. The van der Waals surface area contributed by atoms with Crippen LogP contribution in [-0.4, -0.2) is 4.98 Å². The molecule has 0 aliphatic heterocycles. The fourth-order valence-corrected chi connectivity index (χ4v) is 1.79. The van der Waals surface area contributed by atoms with Crippen molar-refractivity contribution < 1.29 is 0 Å². The smallest absolute Gasteiger partial charge is 0.0463 e. The number of nitrogens with zero attached hydrogens (tertiary/aromatic N) is 1. The van der Waals surface area contributed by atoms with E-state index in [1.165, 1.54) is 0 Å². The van der Waals surface area contributed by atoms with Gasteiger partial charge in [-0.25, -0.2) is 0 Å². The average molecular weight is 219 g/mol. The molecule has 1 nitrogen and oxygen atoms in total. The summed E-state index contributed by atoms with van der Waals surface area (Å²) >= 11 is 1.58. The Morgan fingerprint density at radius 3 is 2.47 bits per heavy atom. The van der Waals surface area contributed by atoms with Crippen LogP contribution in [0.3, 0.4) is 0 Å². The van der Waals surface area contributed by atoms with Crippen LogP contribution in [0.15, 0.2) is 35.7 Å². The molecule has 0 radical (unpaired) electrons. The van der Waals surface area contributed by atoms with Crippen molar-refractivity contribution in [3.05, 3.63) is 42.1 Å². The molecule has 0 atom stereocenters. The molecule has 0 saturated carbocycles. The lowest BCUT2D eigenvalue weighted by Gasteiger charge is -2.18. The Balaban J connectivity index is 3.18. The van der Waals surface area contributed by atoms with Gasteiger partial charge in [-0.15, -0.1) is 0 Å². The first-order chi connectivity index (χ1) is 6.99. The van der Waals surface area contributed by atoms with Crippen molar-refractivity contribution >= 4 is 17.8 Å². The van der Waals surface area contributed by atoms with Crippen LogP contribution >= 0.6 is 11.8 Å². The summed E-state index contributed by atoms with van der Waals surface area (Å²) in [7, 11) is 0. The van der Waals surface area contributed by atoms with E-state index in [0.717, 1.165) is 16.2 Å². The van der Waals surface area contributed by atoms with Crippen molar-refractivity contribution in [2.45, 2.75) is 31.1 Å². The molecule has 0 spiro atoms. The minimum Gasteiger partial charge on any atom is -0.260 e. The standard InChI is InChI=1S/C13H17NS/c1-6-10-8-12(13(3,4)5)14-9-11(10)15-7-2/h6-9H,1-2H2,3-5H3. The SMILES string of the molecule is C=CSc1cnc(C(C)(C)C)cc1C=C. The largest absolute Gasteiger partial charge is 0.260 e. The number of thioether (sulfide) groups is 1. The summed E-state index contributed by atoms with van der Waals surface area (Å²) in [6.45, 7) is 14.0. The Kier molecular flexibility index (Phi) is 3.75. The fraction of sp³-hybridized carbons (Fsp3) is 0.308. The van der Waals surface area contributed by atoms with Gasteiger partial charge in [0, 0.05) is 22.2 Å². The third kappa shape index (κ3) is 2.96. The van der Waals surface area contributed by atoms with Crippen LogP contribution in [0.2, 0.25) is 0 Å². The molecule has 1 aromatic rings. The van der Waals surface area contributed by atoms with E-state index in [-0.39, 0.29) is 5.41 Å². The third-order valence-electron chi connectivity index (χ3n) is 2.10. The number of pyridine rings is 1. The molecular formula is C13H17NS. The van der Waals surface area contributed by atoms with Gasteiger partial charge in [0.25, 0.3) is 0 Å². The van der Waals surface area contributed by atoms with Crippen molar-refractivity contribution in [3.8, 4) is 0 Å². The topological polar surface area (TPSA) is 12.9 Å². The number of hydrogen-bond donors (Lipinski definition) is 0. The van der Waals surface area contributed by atoms with Gasteiger partial charge >= 0.3 is 0 Å². The van der Waals surface area contributed by atoms with Crippen LogP contribution in [0.4, 0.5) is 0 Å². The van der Waals surface area contributed by atoms with Crippen LogP contribution in [0, 0.1) is 0 Å². The Morgan fingerprint density at radius 1 is 1.33 bits per heavy atom. The molecule has 1 rings (SSSR count). The van der Waals surface area contributed by atoms with Gasteiger partial charge in [-0.05, 0) is 17.0 Å². The van der Waals surface area contributed by atoms with E-state index in [0.29, 0.717) is 0 Å². The second-order valence-corrected chi connectivity index (χ2v) is 5.35. The molecule has 0 aliphatic carbocycles. The average Bonchev–Trinajstić information content (AvgIpc) is 2.17. The molecule has 0 amide bonds. The van der Waals surface area contributed by atoms with Crippen LogP contribution < -0.4 is 0 Å². The predicted octanol–water partition coefficient (Wildman–Crippen LogP) is 4.26. The summed E-state index contributed by atoms with van der Waals surface area (Å²) < 4.78 is 0. The second kappa shape index (κ2) is 4.67. The zero-order chi connectivity index (χ0) is 11.5. The quantitative estimate of drug-likeness (QED) is 0.705. The van der Waals surface area contributed by atoms with Crippen molar-refractivity contribution in [1.29, 1.82) is 0 Å². The number of rotatable bonds is 3. The maximum absolute atomic E-state index is 4.46. The maximum Gasteiger partial charge on any atom is 0.0463 e. The molecule has 0 saturated heterocycles. The Labute approximate surface area is 96.3 Å². The number of aromatic nitrogens is 1. The third-order valence-corrected chi connectivity index (χ3v) is 2.86. The summed E-state index contributed by atoms with van der Waals surface area (Å²) in [6.07, 6.45) is 3.76. The van der Waals surface area contributed by atoms with Crippen molar-refractivity contribution in [2.24, 2.45) is 0 Å².